The largest absolute Gasteiger partial charge is 0.352 e. The highest BCUT2D eigenvalue weighted by Crippen LogP contribution is 2.22. The van der Waals surface area contributed by atoms with Gasteiger partial charge in [-0.25, -0.2) is 4.98 Å². The fraction of sp³-hybridized carbons (Fsp3) is 0.200. The maximum atomic E-state index is 11.8. The number of thiazole rings is 1. The number of carbonyl (C=O) groups excluding carboxylic acids is 1. The summed E-state index contributed by atoms with van der Waals surface area (Å²) in [5, 5.41) is 11.4. The lowest BCUT2D eigenvalue weighted by Crippen LogP contribution is -2.24. The molecule has 0 aliphatic carbocycles. The molecule has 1 aromatic carbocycles. The van der Waals surface area contributed by atoms with E-state index in [1.807, 2.05) is 35.9 Å². The Balaban J connectivity index is 1.53. The zero-order valence-electron chi connectivity index (χ0n) is 12.1. The van der Waals surface area contributed by atoms with Crippen LogP contribution >= 0.6 is 11.3 Å². The summed E-state index contributed by atoms with van der Waals surface area (Å²) in [5.41, 5.74) is 0.954. The van der Waals surface area contributed by atoms with Crippen LogP contribution in [0.25, 0.3) is 16.3 Å². The van der Waals surface area contributed by atoms with Gasteiger partial charge in [0.25, 0.3) is 0 Å². The first-order valence-corrected chi connectivity index (χ1v) is 7.68. The molecule has 0 fully saturated rings. The lowest BCUT2D eigenvalue weighted by atomic mass is 10.3. The van der Waals surface area contributed by atoms with Crippen LogP contribution in [0.5, 0.6) is 0 Å². The number of fused-ring (bicyclic) bond motifs is 1. The van der Waals surface area contributed by atoms with E-state index in [0.29, 0.717) is 13.0 Å². The number of hydrogen-bond donors (Lipinski definition) is 1. The number of hydrogen-bond acceptors (Lipinski definition) is 5. The van der Waals surface area contributed by atoms with Crippen LogP contribution in [-0.2, 0) is 18.3 Å². The quantitative estimate of drug-likeness (QED) is 0.729. The average Bonchev–Trinajstić information content (AvgIpc) is 3.11. The number of para-hydroxylation sites is 1. The Kier molecular flexibility index (Phi) is 4.24. The van der Waals surface area contributed by atoms with Gasteiger partial charge in [0.05, 0.1) is 10.2 Å². The summed E-state index contributed by atoms with van der Waals surface area (Å²) < 4.78 is 2.95. The molecule has 0 unspecified atom stereocenters. The van der Waals surface area contributed by atoms with Crippen LogP contribution in [0.15, 0.2) is 36.7 Å². The molecule has 6 nitrogen and oxygen atoms in total. The van der Waals surface area contributed by atoms with Gasteiger partial charge in [0.1, 0.15) is 17.2 Å². The third kappa shape index (κ3) is 3.37. The number of rotatable bonds is 5. The second-order valence-corrected chi connectivity index (χ2v) is 5.81. The van der Waals surface area contributed by atoms with Gasteiger partial charge < -0.3 is 9.88 Å². The monoisotopic (exact) mass is 313 g/mol. The van der Waals surface area contributed by atoms with Crippen molar-refractivity contribution in [2.45, 2.75) is 6.42 Å². The SMILES string of the molecule is Cn1cnnc1CCNC(=O)/C=C/c1nc2ccccc2s1. The highest BCUT2D eigenvalue weighted by Gasteiger charge is 2.03. The molecule has 22 heavy (non-hydrogen) atoms. The zero-order valence-corrected chi connectivity index (χ0v) is 12.9. The van der Waals surface area contributed by atoms with Crippen LogP contribution < -0.4 is 5.32 Å². The summed E-state index contributed by atoms with van der Waals surface area (Å²) >= 11 is 1.56. The molecule has 3 aromatic rings. The second kappa shape index (κ2) is 6.48. The van der Waals surface area contributed by atoms with E-state index in [1.54, 1.807) is 23.7 Å². The predicted octanol–water partition coefficient (Wildman–Crippen LogP) is 1.80. The number of amides is 1. The van der Waals surface area contributed by atoms with E-state index < -0.39 is 0 Å². The third-order valence-electron chi connectivity index (χ3n) is 3.14. The number of carbonyl (C=O) groups is 1. The minimum absolute atomic E-state index is 0.138. The van der Waals surface area contributed by atoms with E-state index >= 15 is 0 Å². The Morgan fingerprint density at radius 1 is 1.41 bits per heavy atom. The van der Waals surface area contributed by atoms with Crippen molar-refractivity contribution >= 4 is 33.5 Å². The summed E-state index contributed by atoms with van der Waals surface area (Å²) in [4.78, 5) is 16.2. The fourth-order valence-corrected chi connectivity index (χ4v) is 2.87. The summed E-state index contributed by atoms with van der Waals surface area (Å²) in [6, 6.07) is 7.91. The molecule has 3 rings (SSSR count). The highest BCUT2D eigenvalue weighted by molar-refractivity contribution is 7.19. The summed E-state index contributed by atoms with van der Waals surface area (Å²) in [6.07, 6.45) is 5.54. The molecule has 0 aliphatic heterocycles. The Labute approximate surface area is 131 Å². The van der Waals surface area contributed by atoms with Crippen LogP contribution in [0.1, 0.15) is 10.8 Å². The van der Waals surface area contributed by atoms with E-state index in [9.17, 15) is 4.79 Å². The Hall–Kier alpha value is -2.54. The van der Waals surface area contributed by atoms with Gasteiger partial charge >= 0.3 is 0 Å². The first kappa shape index (κ1) is 14.4. The van der Waals surface area contributed by atoms with Gasteiger partial charge in [0, 0.05) is 26.1 Å². The van der Waals surface area contributed by atoms with Gasteiger partial charge in [0.15, 0.2) is 0 Å². The molecular formula is C15H15N5OS. The van der Waals surface area contributed by atoms with E-state index in [4.69, 9.17) is 0 Å². The Bertz CT molecular complexity index is 787. The molecule has 2 heterocycles. The molecular weight excluding hydrogens is 298 g/mol. The molecule has 0 bridgehead atoms. The van der Waals surface area contributed by atoms with E-state index in [-0.39, 0.29) is 5.91 Å². The maximum absolute atomic E-state index is 11.8. The van der Waals surface area contributed by atoms with Crippen LogP contribution in [0.3, 0.4) is 0 Å². The maximum Gasteiger partial charge on any atom is 0.244 e. The van der Waals surface area contributed by atoms with Crippen molar-refractivity contribution in [3.63, 3.8) is 0 Å². The number of nitrogens with zero attached hydrogens (tertiary/aromatic N) is 4. The first-order valence-electron chi connectivity index (χ1n) is 6.87. The minimum atomic E-state index is -0.138. The van der Waals surface area contributed by atoms with Gasteiger partial charge in [-0.2, -0.15) is 0 Å². The lowest BCUT2D eigenvalue weighted by molar-refractivity contribution is -0.116. The molecule has 0 saturated carbocycles. The molecule has 0 atom stereocenters. The topological polar surface area (TPSA) is 72.7 Å². The van der Waals surface area contributed by atoms with Crippen LogP contribution in [0.2, 0.25) is 0 Å². The van der Waals surface area contributed by atoms with Crippen molar-refractivity contribution in [3.8, 4) is 0 Å². The summed E-state index contributed by atoms with van der Waals surface area (Å²) in [6.45, 7) is 0.523. The normalized spacial score (nSPS) is 11.3. The van der Waals surface area contributed by atoms with E-state index in [1.165, 1.54) is 6.08 Å². The minimum Gasteiger partial charge on any atom is -0.352 e. The molecule has 2 aromatic heterocycles. The molecule has 0 saturated heterocycles. The summed E-state index contributed by atoms with van der Waals surface area (Å²) in [5.74, 6) is 0.705. The van der Waals surface area contributed by atoms with Crippen LogP contribution in [0.4, 0.5) is 0 Å². The second-order valence-electron chi connectivity index (χ2n) is 4.75. The molecule has 0 spiro atoms. The first-order chi connectivity index (χ1) is 10.7. The predicted molar refractivity (Wildman–Crippen MR) is 86.4 cm³/mol. The number of aryl methyl sites for hydroxylation is 1. The Morgan fingerprint density at radius 2 is 2.27 bits per heavy atom. The molecule has 0 radical (unpaired) electrons. The molecule has 112 valence electrons. The van der Waals surface area contributed by atoms with Crippen molar-refractivity contribution in [3.05, 3.63) is 47.5 Å². The van der Waals surface area contributed by atoms with Crippen molar-refractivity contribution in [2.75, 3.05) is 6.54 Å². The number of benzene rings is 1. The van der Waals surface area contributed by atoms with Crippen molar-refractivity contribution in [1.29, 1.82) is 0 Å². The number of nitrogens with one attached hydrogen (secondary N) is 1. The summed E-state index contributed by atoms with van der Waals surface area (Å²) in [7, 11) is 1.88. The van der Waals surface area contributed by atoms with Gasteiger partial charge in [-0.15, -0.1) is 21.5 Å². The third-order valence-corrected chi connectivity index (χ3v) is 4.14. The van der Waals surface area contributed by atoms with E-state index in [0.717, 1.165) is 21.0 Å². The fourth-order valence-electron chi connectivity index (χ4n) is 2.00. The van der Waals surface area contributed by atoms with Crippen molar-refractivity contribution in [1.82, 2.24) is 25.1 Å². The van der Waals surface area contributed by atoms with Gasteiger partial charge in [-0.3, -0.25) is 4.79 Å². The molecule has 1 N–H and O–H groups in total. The zero-order chi connectivity index (χ0) is 15.4. The van der Waals surface area contributed by atoms with E-state index in [2.05, 4.69) is 20.5 Å². The van der Waals surface area contributed by atoms with Gasteiger partial charge in [0.2, 0.25) is 5.91 Å². The average molecular weight is 313 g/mol. The van der Waals surface area contributed by atoms with Crippen molar-refractivity contribution in [2.24, 2.45) is 7.05 Å². The van der Waals surface area contributed by atoms with Gasteiger partial charge in [-0.05, 0) is 18.2 Å². The lowest BCUT2D eigenvalue weighted by Gasteiger charge is -2.01. The van der Waals surface area contributed by atoms with Crippen molar-refractivity contribution < 1.29 is 4.79 Å². The van der Waals surface area contributed by atoms with Crippen LogP contribution in [-0.4, -0.2) is 32.2 Å². The smallest absolute Gasteiger partial charge is 0.244 e. The molecule has 1 amide bonds. The molecule has 0 aliphatic rings. The van der Waals surface area contributed by atoms with Crippen LogP contribution in [0, 0.1) is 0 Å². The standard InChI is InChI=1S/C15H15N5OS/c1-20-10-17-19-13(20)8-9-16-14(21)6-7-15-18-11-4-2-3-5-12(11)22-15/h2-7,10H,8-9H2,1H3,(H,16,21)/b7-6+. The number of aromatic nitrogens is 4. The highest BCUT2D eigenvalue weighted by atomic mass is 32.1. The Morgan fingerprint density at radius 3 is 3.05 bits per heavy atom. The van der Waals surface area contributed by atoms with Gasteiger partial charge in [-0.1, -0.05) is 12.1 Å². The molecule has 7 heteroatoms.